The second-order valence-corrected chi connectivity index (χ2v) is 5.29. The van der Waals surface area contributed by atoms with Crippen LogP contribution in [0.3, 0.4) is 0 Å². The van der Waals surface area contributed by atoms with Crippen LogP contribution in [0.5, 0.6) is 0 Å². The van der Waals surface area contributed by atoms with Gasteiger partial charge in [-0.1, -0.05) is 12.8 Å². The molecule has 2 aliphatic carbocycles. The van der Waals surface area contributed by atoms with Gasteiger partial charge in [-0.15, -0.1) is 0 Å². The first-order valence-corrected chi connectivity index (χ1v) is 6.72. The Hall–Kier alpha value is -1.31. The van der Waals surface area contributed by atoms with E-state index in [4.69, 9.17) is 0 Å². The summed E-state index contributed by atoms with van der Waals surface area (Å²) in [6.45, 7) is 0. The molecule has 0 spiro atoms. The topological polar surface area (TPSA) is 20.3 Å². The lowest BCUT2D eigenvalue weighted by Gasteiger charge is -2.31. The molecule has 2 nitrogen and oxygen atoms in total. The Labute approximate surface area is 103 Å². The highest BCUT2D eigenvalue weighted by atomic mass is 16.1. The average Bonchev–Trinajstić information content (AvgIpc) is 3.05. The predicted octanol–water partition coefficient (Wildman–Crippen LogP) is 3.41. The van der Waals surface area contributed by atoms with Gasteiger partial charge < -0.3 is 4.90 Å². The number of carbonyl (C=O) groups is 1. The summed E-state index contributed by atoms with van der Waals surface area (Å²) in [5.41, 5.74) is 2.08. The Morgan fingerprint density at radius 1 is 0.941 bits per heavy atom. The van der Waals surface area contributed by atoms with Crippen LogP contribution >= 0.6 is 0 Å². The van der Waals surface area contributed by atoms with Gasteiger partial charge in [0.25, 0.3) is 0 Å². The summed E-state index contributed by atoms with van der Waals surface area (Å²) in [6.07, 6.45) is 9.02. The number of hydrogen-bond acceptors (Lipinski definition) is 2. The SMILES string of the molecule is O=Cc1ccc(N(C2CCCC2)C2CC2)cc1. The van der Waals surface area contributed by atoms with E-state index in [0.29, 0.717) is 0 Å². The average molecular weight is 229 g/mol. The zero-order chi connectivity index (χ0) is 11.7. The van der Waals surface area contributed by atoms with Gasteiger partial charge in [0.05, 0.1) is 0 Å². The molecule has 0 heterocycles. The summed E-state index contributed by atoms with van der Waals surface area (Å²) in [4.78, 5) is 13.3. The highest BCUT2D eigenvalue weighted by Gasteiger charge is 2.35. The minimum absolute atomic E-state index is 0.740. The first-order chi connectivity index (χ1) is 8.38. The molecule has 0 bridgehead atoms. The molecule has 0 atom stereocenters. The van der Waals surface area contributed by atoms with Crippen molar-refractivity contribution < 1.29 is 4.79 Å². The number of nitrogens with zero attached hydrogens (tertiary/aromatic N) is 1. The van der Waals surface area contributed by atoms with Crippen LogP contribution in [0.2, 0.25) is 0 Å². The maximum Gasteiger partial charge on any atom is 0.150 e. The Morgan fingerprint density at radius 2 is 1.53 bits per heavy atom. The van der Waals surface area contributed by atoms with Crippen LogP contribution in [0.15, 0.2) is 24.3 Å². The van der Waals surface area contributed by atoms with Crippen molar-refractivity contribution in [3.8, 4) is 0 Å². The third-order valence-electron chi connectivity index (χ3n) is 3.99. The number of carbonyl (C=O) groups excluding carboxylic acids is 1. The molecule has 1 aromatic rings. The molecule has 1 aromatic carbocycles. The maximum absolute atomic E-state index is 10.7. The zero-order valence-electron chi connectivity index (χ0n) is 10.1. The Kier molecular flexibility index (Phi) is 2.87. The van der Waals surface area contributed by atoms with Gasteiger partial charge in [0.15, 0.2) is 0 Å². The van der Waals surface area contributed by atoms with Crippen molar-refractivity contribution in [2.24, 2.45) is 0 Å². The van der Waals surface area contributed by atoms with E-state index in [0.717, 1.165) is 23.9 Å². The zero-order valence-corrected chi connectivity index (χ0v) is 10.1. The van der Waals surface area contributed by atoms with Crippen molar-refractivity contribution in [3.63, 3.8) is 0 Å². The number of aldehydes is 1. The van der Waals surface area contributed by atoms with Crippen LogP contribution in [-0.2, 0) is 0 Å². The smallest absolute Gasteiger partial charge is 0.150 e. The molecule has 17 heavy (non-hydrogen) atoms. The summed E-state index contributed by atoms with van der Waals surface area (Å²) in [7, 11) is 0. The fourth-order valence-electron chi connectivity index (χ4n) is 2.98. The fraction of sp³-hybridized carbons (Fsp3) is 0.533. The Morgan fingerprint density at radius 3 is 2.06 bits per heavy atom. The van der Waals surface area contributed by atoms with Crippen molar-refractivity contribution >= 4 is 12.0 Å². The van der Waals surface area contributed by atoms with Crippen molar-refractivity contribution in [1.29, 1.82) is 0 Å². The number of benzene rings is 1. The van der Waals surface area contributed by atoms with E-state index in [1.807, 2.05) is 12.1 Å². The summed E-state index contributed by atoms with van der Waals surface area (Å²) < 4.78 is 0. The lowest BCUT2D eigenvalue weighted by atomic mass is 10.1. The van der Waals surface area contributed by atoms with Gasteiger partial charge in [-0.25, -0.2) is 0 Å². The van der Waals surface area contributed by atoms with Crippen LogP contribution in [0.1, 0.15) is 48.9 Å². The molecule has 2 heteroatoms. The summed E-state index contributed by atoms with van der Waals surface area (Å²) in [6, 6.07) is 9.60. The molecule has 2 saturated carbocycles. The first kappa shape index (κ1) is 10.8. The largest absolute Gasteiger partial charge is 0.366 e. The molecule has 0 N–H and O–H groups in total. The molecular weight excluding hydrogens is 210 g/mol. The van der Waals surface area contributed by atoms with Crippen LogP contribution in [0.25, 0.3) is 0 Å². The van der Waals surface area contributed by atoms with Crippen LogP contribution in [0.4, 0.5) is 5.69 Å². The predicted molar refractivity (Wildman–Crippen MR) is 69.6 cm³/mol. The van der Waals surface area contributed by atoms with Crippen LogP contribution in [0, 0.1) is 0 Å². The van der Waals surface area contributed by atoms with E-state index in [-0.39, 0.29) is 0 Å². The molecule has 0 radical (unpaired) electrons. The molecule has 0 unspecified atom stereocenters. The molecule has 3 rings (SSSR count). The summed E-state index contributed by atoms with van der Waals surface area (Å²) in [5.74, 6) is 0. The van der Waals surface area contributed by atoms with Gasteiger partial charge >= 0.3 is 0 Å². The number of hydrogen-bond donors (Lipinski definition) is 0. The minimum Gasteiger partial charge on any atom is -0.366 e. The summed E-state index contributed by atoms with van der Waals surface area (Å²) >= 11 is 0. The van der Waals surface area contributed by atoms with Crippen molar-refractivity contribution in [2.75, 3.05) is 4.90 Å². The molecule has 0 saturated heterocycles. The second kappa shape index (κ2) is 4.52. The van der Waals surface area contributed by atoms with E-state index >= 15 is 0 Å². The van der Waals surface area contributed by atoms with Crippen LogP contribution < -0.4 is 4.90 Å². The Balaban J connectivity index is 1.83. The number of anilines is 1. The lowest BCUT2D eigenvalue weighted by Crippen LogP contribution is -2.35. The van der Waals surface area contributed by atoms with Crippen molar-refractivity contribution in [2.45, 2.75) is 50.6 Å². The van der Waals surface area contributed by atoms with E-state index in [1.54, 1.807) is 0 Å². The molecule has 0 aromatic heterocycles. The number of rotatable bonds is 4. The highest BCUT2D eigenvalue weighted by Crippen LogP contribution is 2.38. The maximum atomic E-state index is 10.7. The fourth-order valence-corrected chi connectivity index (χ4v) is 2.98. The third-order valence-corrected chi connectivity index (χ3v) is 3.99. The highest BCUT2D eigenvalue weighted by molar-refractivity contribution is 5.75. The molecule has 2 aliphatic rings. The van der Waals surface area contributed by atoms with E-state index in [2.05, 4.69) is 17.0 Å². The first-order valence-electron chi connectivity index (χ1n) is 6.72. The summed E-state index contributed by atoms with van der Waals surface area (Å²) in [5, 5.41) is 0. The van der Waals surface area contributed by atoms with Gasteiger partial charge in [-0.2, -0.15) is 0 Å². The lowest BCUT2D eigenvalue weighted by molar-refractivity contribution is 0.112. The minimum atomic E-state index is 0.740. The molecule has 2 fully saturated rings. The van der Waals surface area contributed by atoms with Crippen LogP contribution in [-0.4, -0.2) is 18.4 Å². The monoisotopic (exact) mass is 229 g/mol. The Bertz CT molecular complexity index is 388. The molecular formula is C15H19NO. The third kappa shape index (κ3) is 2.21. The van der Waals surface area contributed by atoms with Crippen molar-refractivity contribution in [1.82, 2.24) is 0 Å². The van der Waals surface area contributed by atoms with E-state index < -0.39 is 0 Å². The van der Waals surface area contributed by atoms with Gasteiger partial charge in [-0.3, -0.25) is 4.79 Å². The van der Waals surface area contributed by atoms with Gasteiger partial charge in [0, 0.05) is 23.3 Å². The molecule has 90 valence electrons. The molecule has 0 aliphatic heterocycles. The van der Waals surface area contributed by atoms with Gasteiger partial charge in [0.1, 0.15) is 6.29 Å². The molecule has 0 amide bonds. The standard InChI is InChI=1S/C15H19NO/c17-11-12-5-7-14(8-6-12)16(15-9-10-15)13-3-1-2-4-13/h5-8,11,13,15H,1-4,9-10H2. The van der Waals surface area contributed by atoms with Gasteiger partial charge in [0.2, 0.25) is 0 Å². The normalized spacial score (nSPS) is 20.5. The van der Waals surface area contributed by atoms with E-state index in [1.165, 1.54) is 44.2 Å². The van der Waals surface area contributed by atoms with Crippen molar-refractivity contribution in [3.05, 3.63) is 29.8 Å². The van der Waals surface area contributed by atoms with E-state index in [9.17, 15) is 4.79 Å². The second-order valence-electron chi connectivity index (χ2n) is 5.29. The quantitative estimate of drug-likeness (QED) is 0.737. The van der Waals surface area contributed by atoms with Gasteiger partial charge in [-0.05, 0) is 49.9 Å².